The van der Waals surface area contributed by atoms with E-state index in [0.29, 0.717) is 38.9 Å². The van der Waals surface area contributed by atoms with E-state index in [9.17, 15) is 19.8 Å². The first kappa shape index (κ1) is 18.7. The third-order valence-electron chi connectivity index (χ3n) is 5.70. The standard InChI is InChI=1S/C20H28N2O4/c23-13-12-22-15-20(10-8-19(22)26)9-1-11-21(14-20)18(25)7-4-16-2-5-17(24)6-3-16/h2-3,5-6,23-24H,1,4,7-15H2/t20-/m0/s1. The molecule has 1 aromatic carbocycles. The van der Waals surface area contributed by atoms with E-state index in [1.807, 2.05) is 17.0 Å². The first-order chi connectivity index (χ1) is 12.5. The Balaban J connectivity index is 1.58. The lowest BCUT2D eigenvalue weighted by Gasteiger charge is -2.48. The number of amides is 2. The highest BCUT2D eigenvalue weighted by molar-refractivity contribution is 5.78. The molecular formula is C20H28N2O4. The molecule has 0 aliphatic carbocycles. The molecule has 2 aliphatic rings. The monoisotopic (exact) mass is 360 g/mol. The number of nitrogens with zero attached hydrogens (tertiary/aromatic N) is 2. The second-order valence-corrected chi connectivity index (χ2v) is 7.62. The summed E-state index contributed by atoms with van der Waals surface area (Å²) in [6, 6.07) is 6.98. The smallest absolute Gasteiger partial charge is 0.222 e. The van der Waals surface area contributed by atoms with Crippen LogP contribution in [0.5, 0.6) is 5.75 Å². The van der Waals surface area contributed by atoms with E-state index >= 15 is 0 Å². The number of rotatable bonds is 5. The van der Waals surface area contributed by atoms with Crippen molar-refractivity contribution >= 4 is 11.8 Å². The Morgan fingerprint density at radius 1 is 1.15 bits per heavy atom. The maximum atomic E-state index is 12.7. The van der Waals surface area contributed by atoms with Crippen LogP contribution >= 0.6 is 0 Å². The molecule has 0 radical (unpaired) electrons. The molecule has 0 unspecified atom stereocenters. The molecule has 2 aliphatic heterocycles. The number of aliphatic hydroxyl groups excluding tert-OH is 1. The Bertz CT molecular complexity index is 646. The zero-order chi connectivity index (χ0) is 18.6. The van der Waals surface area contributed by atoms with E-state index in [2.05, 4.69) is 0 Å². The second-order valence-electron chi connectivity index (χ2n) is 7.62. The summed E-state index contributed by atoms with van der Waals surface area (Å²) >= 11 is 0. The molecule has 142 valence electrons. The average Bonchev–Trinajstić information content (AvgIpc) is 2.65. The second kappa shape index (κ2) is 8.08. The van der Waals surface area contributed by atoms with Gasteiger partial charge in [0.25, 0.3) is 0 Å². The predicted octanol–water partition coefficient (Wildman–Crippen LogP) is 1.55. The summed E-state index contributed by atoms with van der Waals surface area (Å²) in [6.45, 7) is 2.50. The number of phenolic OH excluding ortho intramolecular Hbond substituents is 1. The van der Waals surface area contributed by atoms with Crippen LogP contribution in [0, 0.1) is 5.41 Å². The molecule has 6 heteroatoms. The van der Waals surface area contributed by atoms with Crippen molar-refractivity contribution in [2.24, 2.45) is 5.41 Å². The van der Waals surface area contributed by atoms with Gasteiger partial charge >= 0.3 is 0 Å². The quantitative estimate of drug-likeness (QED) is 0.835. The molecule has 2 fully saturated rings. The minimum atomic E-state index is -0.0183. The van der Waals surface area contributed by atoms with Gasteiger partial charge in [0, 0.05) is 44.4 Å². The fourth-order valence-electron chi connectivity index (χ4n) is 4.25. The number of aromatic hydroxyl groups is 1. The Labute approximate surface area is 154 Å². The van der Waals surface area contributed by atoms with Crippen molar-refractivity contribution in [2.45, 2.75) is 38.5 Å². The van der Waals surface area contributed by atoms with Gasteiger partial charge in [0.1, 0.15) is 5.75 Å². The summed E-state index contributed by atoms with van der Waals surface area (Å²) in [6.07, 6.45) is 4.46. The molecule has 1 aromatic rings. The van der Waals surface area contributed by atoms with Crippen LogP contribution in [-0.4, -0.2) is 64.6 Å². The van der Waals surface area contributed by atoms with Crippen molar-refractivity contribution in [3.05, 3.63) is 29.8 Å². The number of aryl methyl sites for hydroxylation is 1. The number of phenols is 1. The minimum absolute atomic E-state index is 0.0168. The van der Waals surface area contributed by atoms with Crippen molar-refractivity contribution in [3.63, 3.8) is 0 Å². The maximum absolute atomic E-state index is 12.7. The van der Waals surface area contributed by atoms with Gasteiger partial charge < -0.3 is 20.0 Å². The summed E-state index contributed by atoms with van der Waals surface area (Å²) in [5, 5.41) is 18.5. The summed E-state index contributed by atoms with van der Waals surface area (Å²) in [5.41, 5.74) is 1.02. The molecule has 1 spiro atoms. The first-order valence-corrected chi connectivity index (χ1v) is 9.46. The van der Waals surface area contributed by atoms with Gasteiger partial charge in [0.2, 0.25) is 11.8 Å². The Kier molecular flexibility index (Phi) is 5.81. The molecule has 2 N–H and O–H groups in total. The zero-order valence-electron chi connectivity index (χ0n) is 15.2. The van der Waals surface area contributed by atoms with Crippen LogP contribution in [0.4, 0.5) is 0 Å². The van der Waals surface area contributed by atoms with Crippen LogP contribution in [0.3, 0.4) is 0 Å². The van der Waals surface area contributed by atoms with Crippen molar-refractivity contribution in [1.29, 1.82) is 0 Å². The molecule has 3 rings (SSSR count). The average molecular weight is 360 g/mol. The zero-order valence-corrected chi connectivity index (χ0v) is 15.2. The van der Waals surface area contributed by atoms with E-state index in [1.165, 1.54) is 0 Å². The van der Waals surface area contributed by atoms with Gasteiger partial charge in [-0.2, -0.15) is 0 Å². The maximum Gasteiger partial charge on any atom is 0.222 e. The number of benzene rings is 1. The van der Waals surface area contributed by atoms with Gasteiger partial charge in [-0.15, -0.1) is 0 Å². The normalized spacial score (nSPS) is 23.5. The fraction of sp³-hybridized carbons (Fsp3) is 0.600. The SMILES string of the molecule is O=C1CC[C@]2(CCCN(C(=O)CCc3ccc(O)cc3)C2)CN1CCO. The van der Waals surface area contributed by atoms with Crippen molar-refractivity contribution in [1.82, 2.24) is 9.80 Å². The Morgan fingerprint density at radius 3 is 2.65 bits per heavy atom. The molecule has 2 saturated heterocycles. The fourth-order valence-corrected chi connectivity index (χ4v) is 4.25. The van der Waals surface area contributed by atoms with E-state index in [-0.39, 0.29) is 29.6 Å². The van der Waals surface area contributed by atoms with E-state index in [0.717, 1.165) is 31.4 Å². The van der Waals surface area contributed by atoms with Crippen molar-refractivity contribution < 1.29 is 19.8 Å². The molecule has 2 amide bonds. The molecule has 2 heterocycles. The van der Waals surface area contributed by atoms with Gasteiger partial charge in [-0.05, 0) is 43.4 Å². The van der Waals surface area contributed by atoms with E-state index in [4.69, 9.17) is 0 Å². The Hall–Kier alpha value is -2.08. The van der Waals surface area contributed by atoms with Crippen molar-refractivity contribution in [2.75, 3.05) is 32.8 Å². The summed E-state index contributed by atoms with van der Waals surface area (Å²) in [7, 11) is 0. The van der Waals surface area contributed by atoms with Crippen LogP contribution in [0.25, 0.3) is 0 Å². The number of carbonyl (C=O) groups excluding carboxylic acids is 2. The molecule has 26 heavy (non-hydrogen) atoms. The number of piperidine rings is 2. The van der Waals surface area contributed by atoms with Gasteiger partial charge in [-0.3, -0.25) is 9.59 Å². The Morgan fingerprint density at radius 2 is 1.92 bits per heavy atom. The van der Waals surface area contributed by atoms with Gasteiger partial charge in [-0.1, -0.05) is 12.1 Å². The molecule has 0 aromatic heterocycles. The molecule has 6 nitrogen and oxygen atoms in total. The highest BCUT2D eigenvalue weighted by atomic mass is 16.3. The predicted molar refractivity (Wildman–Crippen MR) is 97.6 cm³/mol. The minimum Gasteiger partial charge on any atom is -0.508 e. The topological polar surface area (TPSA) is 81.1 Å². The lowest BCUT2D eigenvalue weighted by Crippen LogP contribution is -2.55. The number of carbonyl (C=O) groups is 2. The van der Waals surface area contributed by atoms with Gasteiger partial charge in [-0.25, -0.2) is 0 Å². The number of likely N-dealkylation sites (tertiary alicyclic amines) is 2. The summed E-state index contributed by atoms with van der Waals surface area (Å²) in [4.78, 5) is 28.4. The number of hydrogen-bond donors (Lipinski definition) is 2. The largest absolute Gasteiger partial charge is 0.508 e. The molecule has 0 bridgehead atoms. The molecular weight excluding hydrogens is 332 g/mol. The lowest BCUT2D eigenvalue weighted by atomic mass is 9.73. The summed E-state index contributed by atoms with van der Waals surface area (Å²) in [5.74, 6) is 0.501. The lowest BCUT2D eigenvalue weighted by molar-refractivity contribution is -0.143. The highest BCUT2D eigenvalue weighted by Crippen LogP contribution is 2.39. The number of hydrogen-bond acceptors (Lipinski definition) is 4. The van der Waals surface area contributed by atoms with Crippen LogP contribution in [0.2, 0.25) is 0 Å². The molecule has 0 saturated carbocycles. The van der Waals surface area contributed by atoms with Crippen molar-refractivity contribution in [3.8, 4) is 5.75 Å². The van der Waals surface area contributed by atoms with Crippen LogP contribution in [0.15, 0.2) is 24.3 Å². The van der Waals surface area contributed by atoms with Gasteiger partial charge in [0.15, 0.2) is 0 Å². The third kappa shape index (κ3) is 4.36. The molecule has 1 atom stereocenters. The third-order valence-corrected chi connectivity index (χ3v) is 5.70. The van der Waals surface area contributed by atoms with E-state index in [1.54, 1.807) is 17.0 Å². The summed E-state index contributed by atoms with van der Waals surface area (Å²) < 4.78 is 0. The highest BCUT2D eigenvalue weighted by Gasteiger charge is 2.42. The number of aliphatic hydroxyl groups is 1. The van der Waals surface area contributed by atoms with Crippen LogP contribution in [0.1, 0.15) is 37.7 Å². The van der Waals surface area contributed by atoms with E-state index < -0.39 is 0 Å². The van der Waals surface area contributed by atoms with Gasteiger partial charge in [0.05, 0.1) is 6.61 Å². The van der Waals surface area contributed by atoms with Crippen LogP contribution < -0.4 is 0 Å². The first-order valence-electron chi connectivity index (χ1n) is 9.46. The number of β-amino-alcohol motifs (C(OH)–C–C–N with tert-alkyl or cyclic N) is 1. The van der Waals surface area contributed by atoms with Crippen LogP contribution in [-0.2, 0) is 16.0 Å².